The molecule has 40 heavy (non-hydrogen) atoms. The largest absolute Gasteiger partial charge is 0.377 e. The van der Waals surface area contributed by atoms with Gasteiger partial charge in [0.25, 0.3) is 5.56 Å². The Morgan fingerprint density at radius 2 is 1.77 bits per heavy atom. The third-order valence-corrected chi connectivity index (χ3v) is 8.73. The van der Waals surface area contributed by atoms with Crippen molar-refractivity contribution in [1.29, 1.82) is 0 Å². The Labute approximate surface area is 236 Å². The van der Waals surface area contributed by atoms with Crippen LogP contribution >= 0.6 is 0 Å². The minimum Gasteiger partial charge on any atom is -0.377 e. The van der Waals surface area contributed by atoms with E-state index < -0.39 is 11.0 Å². The summed E-state index contributed by atoms with van der Waals surface area (Å²) >= 11 is 0. The Morgan fingerprint density at radius 1 is 1.05 bits per heavy atom. The van der Waals surface area contributed by atoms with Gasteiger partial charge in [-0.15, -0.1) is 0 Å². The highest BCUT2D eigenvalue weighted by Crippen LogP contribution is 2.30. The van der Waals surface area contributed by atoms with Gasteiger partial charge in [0.05, 0.1) is 22.5 Å². The molecule has 0 saturated carbocycles. The Balaban J connectivity index is 1.49. The number of aryl methyl sites for hydroxylation is 2. The van der Waals surface area contributed by atoms with Crippen LogP contribution < -0.4 is 25.4 Å². The van der Waals surface area contributed by atoms with Crippen molar-refractivity contribution in [2.75, 3.05) is 43.0 Å². The Morgan fingerprint density at radius 3 is 2.45 bits per heavy atom. The van der Waals surface area contributed by atoms with Crippen LogP contribution in [0.2, 0.25) is 0 Å². The number of hydrogen-bond donors (Lipinski definition) is 2. The maximum atomic E-state index is 14.1. The summed E-state index contributed by atoms with van der Waals surface area (Å²) in [7, 11) is 3.86. The van der Waals surface area contributed by atoms with E-state index in [2.05, 4.69) is 37.1 Å². The van der Waals surface area contributed by atoms with Crippen LogP contribution in [0, 0.1) is 6.92 Å². The summed E-state index contributed by atoms with van der Waals surface area (Å²) in [4.78, 5) is 18.7. The lowest BCUT2D eigenvalue weighted by Gasteiger charge is -2.37. The van der Waals surface area contributed by atoms with E-state index in [9.17, 15) is 13.4 Å². The summed E-state index contributed by atoms with van der Waals surface area (Å²) in [5.74, 6) is 0.573. The first kappa shape index (κ1) is 27.9. The number of pyridine rings is 1. The fourth-order valence-electron chi connectivity index (χ4n) is 5.44. The number of benzene rings is 1. The highest BCUT2D eigenvalue weighted by atomic mass is 32.2. The second kappa shape index (κ2) is 11.4. The van der Waals surface area contributed by atoms with Crippen molar-refractivity contribution in [3.05, 3.63) is 86.7 Å². The number of aromatic nitrogens is 3. The lowest BCUT2D eigenvalue weighted by atomic mass is 9.97. The van der Waals surface area contributed by atoms with Gasteiger partial charge >= 0.3 is 0 Å². The van der Waals surface area contributed by atoms with Gasteiger partial charge < -0.3 is 15.1 Å². The molecule has 3 heterocycles. The van der Waals surface area contributed by atoms with Crippen LogP contribution in [0.25, 0.3) is 10.8 Å². The van der Waals surface area contributed by atoms with Crippen molar-refractivity contribution >= 4 is 33.3 Å². The fraction of sp³-hybridized carbons (Fsp3) is 0.379. The van der Waals surface area contributed by atoms with Gasteiger partial charge in [0.15, 0.2) is 0 Å². The van der Waals surface area contributed by atoms with Gasteiger partial charge in [0.1, 0.15) is 22.6 Å². The number of rotatable bonds is 7. The molecule has 3 aromatic rings. The van der Waals surface area contributed by atoms with Gasteiger partial charge in [0.2, 0.25) is 0 Å². The maximum Gasteiger partial charge on any atom is 0.259 e. The molecule has 1 aromatic carbocycles. The van der Waals surface area contributed by atoms with Crippen molar-refractivity contribution in [3.8, 4) is 0 Å². The van der Waals surface area contributed by atoms with Gasteiger partial charge in [-0.2, -0.15) is 5.10 Å². The highest BCUT2D eigenvalue weighted by molar-refractivity contribution is 7.87. The molecule has 2 aliphatic rings. The summed E-state index contributed by atoms with van der Waals surface area (Å²) in [5.41, 5.74) is 3.56. The number of halogens is 1. The zero-order valence-corrected chi connectivity index (χ0v) is 24.4. The topological polar surface area (TPSA) is 87.4 Å². The minimum absolute atomic E-state index is 0.0464. The normalized spacial score (nSPS) is 17.7. The van der Waals surface area contributed by atoms with Crippen LogP contribution in [-0.2, 0) is 25.1 Å². The molecule has 1 saturated heterocycles. The molecule has 1 fully saturated rings. The number of piperazine rings is 1. The van der Waals surface area contributed by atoms with Crippen molar-refractivity contribution in [3.63, 3.8) is 0 Å². The SMILES string of the molecule is CNS(=O)C1=CCC(F)=CC=C1N[C@H](C)c1cc(C)cc2c(=O)n(C)c(N3CCN(c4cnn(C)c4)CC3)cc12. The molecule has 2 aromatic heterocycles. The van der Waals surface area contributed by atoms with Crippen LogP contribution in [0.1, 0.15) is 30.5 Å². The molecule has 9 nitrogen and oxygen atoms in total. The molecule has 11 heteroatoms. The Bertz CT molecular complexity index is 1610. The fourth-order valence-corrected chi connectivity index (χ4v) is 6.22. The summed E-state index contributed by atoms with van der Waals surface area (Å²) in [6.45, 7) is 7.18. The molecule has 2 N–H and O–H groups in total. The van der Waals surface area contributed by atoms with Crippen LogP contribution in [0.3, 0.4) is 0 Å². The molecular formula is C29H36FN7O2S. The smallest absolute Gasteiger partial charge is 0.259 e. The number of fused-ring (bicyclic) bond motifs is 1. The number of nitrogens with zero attached hydrogens (tertiary/aromatic N) is 5. The predicted molar refractivity (Wildman–Crippen MR) is 160 cm³/mol. The van der Waals surface area contributed by atoms with Gasteiger partial charge in [-0.25, -0.2) is 13.3 Å². The molecule has 0 spiro atoms. The van der Waals surface area contributed by atoms with Gasteiger partial charge in [-0.3, -0.25) is 14.0 Å². The number of anilines is 2. The van der Waals surface area contributed by atoms with E-state index in [0.29, 0.717) is 16.0 Å². The van der Waals surface area contributed by atoms with Crippen molar-refractivity contribution in [2.45, 2.75) is 26.3 Å². The molecule has 1 unspecified atom stereocenters. The van der Waals surface area contributed by atoms with Crippen molar-refractivity contribution in [2.24, 2.45) is 14.1 Å². The van der Waals surface area contributed by atoms with Crippen LogP contribution in [0.15, 0.2) is 70.0 Å². The molecule has 5 rings (SSSR count). The number of nitrogens with one attached hydrogen (secondary N) is 2. The van der Waals surface area contributed by atoms with E-state index in [1.54, 1.807) is 28.4 Å². The average Bonchev–Trinajstić information content (AvgIpc) is 3.30. The van der Waals surface area contributed by atoms with Gasteiger partial charge in [-0.05, 0) is 61.7 Å². The molecule has 212 valence electrons. The summed E-state index contributed by atoms with van der Waals surface area (Å²) in [6.07, 6.45) is 8.66. The third-order valence-electron chi connectivity index (χ3n) is 7.57. The monoisotopic (exact) mass is 565 g/mol. The number of hydrogen-bond acceptors (Lipinski definition) is 6. The summed E-state index contributed by atoms with van der Waals surface area (Å²) in [5, 5.41) is 9.27. The summed E-state index contributed by atoms with van der Waals surface area (Å²) < 4.78 is 33.1. The van der Waals surface area contributed by atoms with E-state index in [1.165, 1.54) is 6.08 Å². The molecule has 1 aliphatic carbocycles. The Kier molecular flexibility index (Phi) is 7.95. The first-order valence-corrected chi connectivity index (χ1v) is 14.6. The van der Waals surface area contributed by atoms with Crippen molar-refractivity contribution < 1.29 is 8.60 Å². The van der Waals surface area contributed by atoms with Crippen LogP contribution in [0.5, 0.6) is 0 Å². The van der Waals surface area contributed by atoms with Gasteiger partial charge in [-0.1, -0.05) is 12.1 Å². The van der Waals surface area contributed by atoms with Crippen LogP contribution in [-0.4, -0.2) is 51.8 Å². The van der Waals surface area contributed by atoms with E-state index in [1.807, 2.05) is 46.4 Å². The molecule has 2 atom stereocenters. The minimum atomic E-state index is -1.49. The zero-order valence-electron chi connectivity index (χ0n) is 23.6. The molecule has 0 amide bonds. The van der Waals surface area contributed by atoms with E-state index in [4.69, 9.17) is 0 Å². The molecule has 0 radical (unpaired) electrons. The standard InChI is InChI=1S/C29H36FN7O2S/c1-19-14-23(20(2)33-26-8-6-21(30)7-9-27(26)40(39)31-3)24-16-28(35(5)29(38)25(24)15-19)37-12-10-36(11-13-37)22-17-32-34(4)18-22/h6,8-9,14-18,20,31,33H,7,10-13H2,1-5H3/t20-,40?/m1/s1. The second-order valence-corrected chi connectivity index (χ2v) is 11.7. The highest BCUT2D eigenvalue weighted by Gasteiger charge is 2.23. The first-order chi connectivity index (χ1) is 19.2. The predicted octanol–water partition coefficient (Wildman–Crippen LogP) is 3.47. The van der Waals surface area contributed by atoms with E-state index in [-0.39, 0.29) is 23.8 Å². The lowest BCUT2D eigenvalue weighted by Crippen LogP contribution is -2.47. The maximum absolute atomic E-state index is 14.1. The van der Waals surface area contributed by atoms with E-state index >= 15 is 0 Å². The molecule has 0 bridgehead atoms. The van der Waals surface area contributed by atoms with Crippen molar-refractivity contribution in [1.82, 2.24) is 24.4 Å². The average molecular weight is 566 g/mol. The van der Waals surface area contributed by atoms with E-state index in [0.717, 1.165) is 54.2 Å². The third kappa shape index (κ3) is 5.48. The van der Waals surface area contributed by atoms with Gasteiger partial charge in [0, 0.05) is 64.3 Å². The van der Waals surface area contributed by atoms with Crippen LogP contribution in [0.4, 0.5) is 15.9 Å². The quantitative estimate of drug-likeness (QED) is 0.456. The lowest BCUT2D eigenvalue weighted by molar-refractivity contribution is 0.618. The number of allylic oxidation sites excluding steroid dienone is 4. The summed E-state index contributed by atoms with van der Waals surface area (Å²) in [6, 6.07) is 5.87. The second-order valence-electron chi connectivity index (χ2n) is 10.3. The first-order valence-electron chi connectivity index (χ1n) is 13.4. The zero-order chi connectivity index (χ0) is 28.6. The molecule has 1 aliphatic heterocycles. The molecular weight excluding hydrogens is 529 g/mol. The Hall–Kier alpha value is -3.70.